The molecule has 1 saturated heterocycles. The van der Waals surface area contributed by atoms with Gasteiger partial charge in [-0.15, -0.1) is 0 Å². The van der Waals surface area contributed by atoms with Crippen LogP contribution in [0, 0.1) is 11.7 Å². The Bertz CT molecular complexity index is 889. The molecule has 26 heavy (non-hydrogen) atoms. The van der Waals surface area contributed by atoms with Crippen molar-refractivity contribution in [1.82, 2.24) is 13.9 Å². The van der Waals surface area contributed by atoms with Gasteiger partial charge in [0, 0.05) is 25.0 Å². The van der Waals surface area contributed by atoms with Gasteiger partial charge in [-0.1, -0.05) is 13.0 Å². The number of piperidine rings is 1. The summed E-state index contributed by atoms with van der Waals surface area (Å²) in [6, 6.07) is 5.55. The molecule has 7 nitrogen and oxygen atoms in total. The number of amides is 1. The van der Waals surface area contributed by atoms with Crippen LogP contribution in [-0.4, -0.2) is 41.3 Å². The molecule has 2 heterocycles. The first-order valence-corrected chi connectivity index (χ1v) is 9.86. The van der Waals surface area contributed by atoms with Gasteiger partial charge < -0.3 is 9.88 Å². The van der Waals surface area contributed by atoms with Gasteiger partial charge in [0.05, 0.1) is 6.33 Å². The number of imidazole rings is 1. The Morgan fingerprint density at radius 3 is 2.77 bits per heavy atom. The Labute approximate surface area is 151 Å². The van der Waals surface area contributed by atoms with Gasteiger partial charge in [-0.05, 0) is 37.0 Å². The van der Waals surface area contributed by atoms with Crippen LogP contribution in [0.4, 0.5) is 10.1 Å². The number of hydrogen-bond donors (Lipinski definition) is 1. The third-order valence-electron chi connectivity index (χ3n) is 4.39. The average molecular weight is 380 g/mol. The molecule has 0 spiro atoms. The average Bonchev–Trinajstić information content (AvgIpc) is 3.04. The SMILES string of the molecule is CC1CCN(S(=O)(=O)c2cn(CC(=O)Nc3cccc(F)c3)cn2)CC1. The third kappa shape index (κ3) is 4.28. The van der Waals surface area contributed by atoms with Crippen molar-refractivity contribution in [3.63, 3.8) is 0 Å². The maximum Gasteiger partial charge on any atom is 0.262 e. The number of anilines is 1. The van der Waals surface area contributed by atoms with Gasteiger partial charge >= 0.3 is 0 Å². The number of aromatic nitrogens is 2. The summed E-state index contributed by atoms with van der Waals surface area (Å²) in [5, 5.41) is 2.50. The normalized spacial score (nSPS) is 16.5. The lowest BCUT2D eigenvalue weighted by Gasteiger charge is -2.28. The number of carbonyl (C=O) groups excluding carboxylic acids is 1. The number of sulfonamides is 1. The largest absolute Gasteiger partial charge is 0.327 e. The van der Waals surface area contributed by atoms with Gasteiger partial charge in [-0.3, -0.25) is 4.79 Å². The summed E-state index contributed by atoms with van der Waals surface area (Å²) in [4.78, 5) is 16.0. The summed E-state index contributed by atoms with van der Waals surface area (Å²) in [6.07, 6.45) is 4.31. The maximum atomic E-state index is 13.1. The molecule has 1 aliphatic heterocycles. The topological polar surface area (TPSA) is 84.3 Å². The van der Waals surface area contributed by atoms with Crippen LogP contribution in [0.3, 0.4) is 0 Å². The number of hydrogen-bond acceptors (Lipinski definition) is 4. The second kappa shape index (κ2) is 7.55. The highest BCUT2D eigenvalue weighted by Crippen LogP contribution is 2.22. The monoisotopic (exact) mass is 380 g/mol. The molecule has 0 aliphatic carbocycles. The van der Waals surface area contributed by atoms with E-state index >= 15 is 0 Å². The van der Waals surface area contributed by atoms with Crippen molar-refractivity contribution in [2.75, 3.05) is 18.4 Å². The van der Waals surface area contributed by atoms with E-state index in [0.29, 0.717) is 24.7 Å². The Morgan fingerprint density at radius 1 is 1.35 bits per heavy atom. The lowest BCUT2D eigenvalue weighted by atomic mass is 10.0. The molecule has 1 N–H and O–H groups in total. The molecule has 1 aliphatic rings. The van der Waals surface area contributed by atoms with Crippen LogP contribution in [0.15, 0.2) is 41.8 Å². The first kappa shape index (κ1) is 18.5. The molecule has 3 rings (SSSR count). The summed E-state index contributed by atoms with van der Waals surface area (Å²) in [5.41, 5.74) is 0.338. The van der Waals surface area contributed by atoms with Crippen LogP contribution < -0.4 is 5.32 Å². The standard InChI is InChI=1S/C17H21FN4O3S/c1-13-5-7-22(8-6-13)26(24,25)17-11-21(12-19-17)10-16(23)20-15-4-2-3-14(18)9-15/h2-4,9,11-13H,5-8,10H2,1H3,(H,20,23). The molecular weight excluding hydrogens is 359 g/mol. The minimum absolute atomic E-state index is 0.0643. The molecule has 1 aromatic carbocycles. The molecule has 0 radical (unpaired) electrons. The van der Waals surface area contributed by atoms with E-state index in [1.54, 1.807) is 6.07 Å². The number of carbonyl (C=O) groups is 1. The number of benzene rings is 1. The molecule has 1 fully saturated rings. The van der Waals surface area contributed by atoms with Crippen LogP contribution >= 0.6 is 0 Å². The molecule has 0 atom stereocenters. The molecule has 0 saturated carbocycles. The van der Waals surface area contributed by atoms with Crippen LogP contribution in [0.1, 0.15) is 19.8 Å². The predicted octanol–water partition coefficient (Wildman–Crippen LogP) is 2.08. The molecule has 2 aromatic rings. The number of halogens is 1. The van der Waals surface area contributed by atoms with Crippen molar-refractivity contribution in [2.45, 2.75) is 31.3 Å². The van der Waals surface area contributed by atoms with Gasteiger partial charge in [0.1, 0.15) is 12.4 Å². The summed E-state index contributed by atoms with van der Waals surface area (Å²) in [5.74, 6) is -0.330. The predicted molar refractivity (Wildman–Crippen MR) is 94.4 cm³/mol. The Kier molecular flexibility index (Phi) is 5.38. The lowest BCUT2D eigenvalue weighted by Crippen LogP contribution is -2.38. The van der Waals surface area contributed by atoms with Crippen molar-refractivity contribution in [3.8, 4) is 0 Å². The summed E-state index contributed by atoms with van der Waals surface area (Å²) < 4.78 is 41.2. The van der Waals surface area contributed by atoms with Crippen molar-refractivity contribution >= 4 is 21.6 Å². The summed E-state index contributed by atoms with van der Waals surface area (Å²) in [6.45, 7) is 2.96. The minimum Gasteiger partial charge on any atom is -0.327 e. The fourth-order valence-corrected chi connectivity index (χ4v) is 4.25. The molecule has 0 unspecified atom stereocenters. The zero-order valence-corrected chi connectivity index (χ0v) is 15.2. The molecule has 140 valence electrons. The molecule has 0 bridgehead atoms. The quantitative estimate of drug-likeness (QED) is 0.861. The Morgan fingerprint density at radius 2 is 2.08 bits per heavy atom. The van der Waals surface area contributed by atoms with E-state index in [0.717, 1.165) is 12.8 Å². The second-order valence-corrected chi connectivity index (χ2v) is 8.41. The molecular formula is C17H21FN4O3S. The lowest BCUT2D eigenvalue weighted by molar-refractivity contribution is -0.116. The van der Waals surface area contributed by atoms with E-state index in [9.17, 15) is 17.6 Å². The highest BCUT2D eigenvalue weighted by Gasteiger charge is 2.29. The van der Waals surface area contributed by atoms with Gasteiger partial charge in [0.2, 0.25) is 5.91 Å². The van der Waals surface area contributed by atoms with Crippen molar-refractivity contribution in [1.29, 1.82) is 0 Å². The van der Waals surface area contributed by atoms with Crippen LogP contribution in [0.5, 0.6) is 0 Å². The van der Waals surface area contributed by atoms with Gasteiger partial charge in [-0.25, -0.2) is 17.8 Å². The van der Waals surface area contributed by atoms with Gasteiger partial charge in [0.25, 0.3) is 10.0 Å². The number of nitrogens with zero attached hydrogens (tertiary/aromatic N) is 3. The number of rotatable bonds is 5. The van der Waals surface area contributed by atoms with Crippen molar-refractivity contribution in [2.24, 2.45) is 5.92 Å². The van der Waals surface area contributed by atoms with E-state index in [2.05, 4.69) is 17.2 Å². The highest BCUT2D eigenvalue weighted by atomic mass is 32.2. The van der Waals surface area contributed by atoms with Crippen LogP contribution in [-0.2, 0) is 21.4 Å². The van der Waals surface area contributed by atoms with Gasteiger partial charge in [0.15, 0.2) is 5.03 Å². The van der Waals surface area contributed by atoms with E-state index in [1.807, 2.05) is 0 Å². The first-order chi connectivity index (χ1) is 12.3. The van der Waals surface area contributed by atoms with E-state index in [4.69, 9.17) is 0 Å². The van der Waals surface area contributed by atoms with Crippen molar-refractivity contribution < 1.29 is 17.6 Å². The maximum absolute atomic E-state index is 13.1. The van der Waals surface area contributed by atoms with Crippen molar-refractivity contribution in [3.05, 3.63) is 42.6 Å². The van der Waals surface area contributed by atoms with E-state index < -0.39 is 21.7 Å². The molecule has 1 aromatic heterocycles. The first-order valence-electron chi connectivity index (χ1n) is 8.42. The van der Waals surface area contributed by atoms with E-state index in [1.165, 1.54) is 39.6 Å². The number of nitrogens with one attached hydrogen (secondary N) is 1. The smallest absolute Gasteiger partial charge is 0.262 e. The fourth-order valence-electron chi connectivity index (χ4n) is 2.85. The zero-order chi connectivity index (χ0) is 18.7. The Balaban J connectivity index is 1.64. The second-order valence-electron chi connectivity index (χ2n) is 6.53. The van der Waals surface area contributed by atoms with Crippen LogP contribution in [0.25, 0.3) is 0 Å². The third-order valence-corrected chi connectivity index (χ3v) is 6.18. The summed E-state index contributed by atoms with van der Waals surface area (Å²) >= 11 is 0. The van der Waals surface area contributed by atoms with E-state index in [-0.39, 0.29) is 11.6 Å². The summed E-state index contributed by atoms with van der Waals surface area (Å²) in [7, 11) is -3.64. The molecule has 1 amide bonds. The van der Waals surface area contributed by atoms with Crippen LogP contribution in [0.2, 0.25) is 0 Å². The highest BCUT2D eigenvalue weighted by molar-refractivity contribution is 7.89. The van der Waals surface area contributed by atoms with Gasteiger partial charge in [-0.2, -0.15) is 4.31 Å². The fraction of sp³-hybridized carbons (Fsp3) is 0.412. The zero-order valence-electron chi connectivity index (χ0n) is 14.4. The molecule has 9 heteroatoms. The Hall–Kier alpha value is -2.26. The minimum atomic E-state index is -3.64.